The summed E-state index contributed by atoms with van der Waals surface area (Å²) in [4.78, 5) is 12.2. The van der Waals surface area contributed by atoms with Crippen molar-refractivity contribution in [2.24, 2.45) is 11.7 Å². The molecule has 38 heavy (non-hydrogen) atoms. The molecule has 0 saturated carbocycles. The Kier molecular flexibility index (Phi) is 8.33. The molecule has 0 saturated heterocycles. The van der Waals surface area contributed by atoms with Gasteiger partial charge in [0, 0.05) is 23.7 Å². The monoisotopic (exact) mass is 650 g/mol. The van der Waals surface area contributed by atoms with E-state index in [2.05, 4.69) is 24.8 Å². The molecule has 0 amide bonds. The molecule has 0 radical (unpaired) electrons. The molecular formula is C26H31IN6O4S. The van der Waals surface area contributed by atoms with E-state index < -0.39 is 36.4 Å². The van der Waals surface area contributed by atoms with Crippen LogP contribution in [-0.2, 0) is 15.6 Å². The molecule has 3 heterocycles. The van der Waals surface area contributed by atoms with Gasteiger partial charge in [0.2, 0.25) is 16.0 Å². The maximum atomic E-state index is 12.7. The fourth-order valence-corrected chi connectivity index (χ4v) is 7.14. The number of sulfonamides is 1. The van der Waals surface area contributed by atoms with Crippen LogP contribution in [0.25, 0.3) is 22.2 Å². The van der Waals surface area contributed by atoms with Gasteiger partial charge in [-0.25, -0.2) is 13.4 Å². The summed E-state index contributed by atoms with van der Waals surface area (Å²) in [6.45, 7) is 7.33. The van der Waals surface area contributed by atoms with Crippen LogP contribution < -0.4 is 10.5 Å². The number of nitrogens with two attached hydrogens (primary N) is 1. The number of benzene rings is 1. The summed E-state index contributed by atoms with van der Waals surface area (Å²) in [6, 6.07) is 9.06. The van der Waals surface area contributed by atoms with Gasteiger partial charge in [0.1, 0.15) is 11.4 Å². The van der Waals surface area contributed by atoms with Crippen LogP contribution in [0.2, 0.25) is 0 Å². The summed E-state index contributed by atoms with van der Waals surface area (Å²) < 4.78 is 37.2. The van der Waals surface area contributed by atoms with Crippen molar-refractivity contribution in [3.8, 4) is 11.1 Å². The van der Waals surface area contributed by atoms with Gasteiger partial charge in [-0.2, -0.15) is 0 Å². The molecule has 202 valence electrons. The molecule has 0 spiro atoms. The van der Waals surface area contributed by atoms with Crippen LogP contribution in [0.5, 0.6) is 0 Å². The summed E-state index contributed by atoms with van der Waals surface area (Å²) in [5.74, 6) is 0.585. The number of aromatic amines is 1. The average molecular weight is 651 g/mol. The van der Waals surface area contributed by atoms with Gasteiger partial charge in [-0.05, 0) is 63.9 Å². The summed E-state index contributed by atoms with van der Waals surface area (Å²) in [5, 5.41) is 16.4. The predicted molar refractivity (Wildman–Crippen MR) is 159 cm³/mol. The maximum absolute atomic E-state index is 12.7. The van der Waals surface area contributed by atoms with Crippen LogP contribution in [0.15, 0.2) is 51.3 Å². The number of nitrogens with one attached hydrogen (secondary N) is 2. The fraction of sp³-hybridized carbons (Fsp3) is 0.308. The van der Waals surface area contributed by atoms with E-state index in [1.165, 1.54) is 6.20 Å². The Labute approximate surface area is 231 Å². The Bertz CT molecular complexity index is 1580. The number of hydrogen-bond donors (Lipinski definition) is 4. The molecule has 5 N–H and O–H groups in total. The van der Waals surface area contributed by atoms with Crippen LogP contribution in [0.4, 0.5) is 5.95 Å². The van der Waals surface area contributed by atoms with Gasteiger partial charge >= 0.3 is 0 Å². The number of fused-ring (bicyclic) bond motifs is 1. The number of halogens is 1. The number of imidazole rings is 1. The van der Waals surface area contributed by atoms with Gasteiger partial charge in [-0.1, -0.05) is 45.8 Å². The fourth-order valence-electron chi connectivity index (χ4n) is 4.36. The summed E-state index contributed by atoms with van der Waals surface area (Å²) in [7, 11) is -3.63. The lowest BCUT2D eigenvalue weighted by Gasteiger charge is -2.28. The molecule has 4 aromatic rings. The van der Waals surface area contributed by atoms with Gasteiger partial charge in [0.25, 0.3) is 0 Å². The Hall–Kier alpha value is -3.10. The Morgan fingerprint density at radius 3 is 2.71 bits per heavy atom. The first-order chi connectivity index (χ1) is 18.0. The van der Waals surface area contributed by atoms with E-state index in [1.807, 2.05) is 54.0 Å². The van der Waals surface area contributed by atoms with Crippen molar-refractivity contribution in [1.82, 2.24) is 20.1 Å². The molecule has 10 nitrogen and oxygen atoms in total. The Morgan fingerprint density at radius 2 is 2.08 bits per heavy atom. The molecule has 0 aliphatic heterocycles. The molecular weight excluding hydrogens is 619 g/mol. The number of H-pyrrole nitrogens is 1. The number of pyridine rings is 1. The second-order valence-corrected chi connectivity index (χ2v) is 13.4. The van der Waals surface area contributed by atoms with Gasteiger partial charge in [0.05, 0.1) is 28.2 Å². The van der Waals surface area contributed by atoms with Gasteiger partial charge in [-0.15, -0.1) is 0 Å². The maximum Gasteiger partial charge on any atom is 0.235 e. The van der Waals surface area contributed by atoms with E-state index in [-0.39, 0.29) is 24.0 Å². The molecule has 0 fully saturated rings. The van der Waals surface area contributed by atoms with E-state index in [4.69, 9.17) is 10.3 Å². The third-order valence-electron chi connectivity index (χ3n) is 5.85. The van der Waals surface area contributed by atoms with E-state index in [9.17, 15) is 13.5 Å². The SMILES string of the molecule is Cc1noc(C)c1-c1cc(C(O)(CC=I/C=C\N)c2ccccn2)c2nc(NS(=O)(=O)CC(C)C)[nH]c2c1. The molecule has 1 atom stereocenters. The quantitative estimate of drug-likeness (QED) is 0.183. The number of hydrogen-bond acceptors (Lipinski definition) is 8. The summed E-state index contributed by atoms with van der Waals surface area (Å²) in [5.41, 5.74) is 8.09. The molecule has 12 heteroatoms. The first-order valence-electron chi connectivity index (χ1n) is 12.0. The number of aromatic nitrogens is 4. The van der Waals surface area contributed by atoms with Gasteiger partial charge < -0.3 is 20.3 Å². The number of nitrogens with zero attached hydrogens (tertiary/aromatic N) is 3. The molecule has 4 rings (SSSR count). The zero-order chi connectivity index (χ0) is 27.5. The van der Waals surface area contributed by atoms with Crippen LogP contribution >= 0.6 is 20.7 Å². The lowest BCUT2D eigenvalue weighted by atomic mass is 9.84. The van der Waals surface area contributed by atoms with E-state index >= 15 is 0 Å². The van der Waals surface area contributed by atoms with Crippen molar-refractivity contribution in [3.63, 3.8) is 0 Å². The number of anilines is 1. The molecule has 0 aliphatic rings. The van der Waals surface area contributed by atoms with Crippen LogP contribution in [0.1, 0.15) is 43.0 Å². The highest BCUT2D eigenvalue weighted by molar-refractivity contribution is 14.2. The minimum atomic E-state index is -3.63. The molecule has 0 bridgehead atoms. The number of rotatable bonds is 10. The highest BCUT2D eigenvalue weighted by atomic mass is 127. The average Bonchev–Trinajstić information content (AvgIpc) is 3.41. The van der Waals surface area contributed by atoms with Crippen molar-refractivity contribution in [3.05, 3.63) is 69.5 Å². The predicted octanol–water partition coefficient (Wildman–Crippen LogP) is 4.46. The molecule has 0 aliphatic carbocycles. The largest absolute Gasteiger partial charge is 0.404 e. The molecule has 1 unspecified atom stereocenters. The second kappa shape index (κ2) is 11.3. The first kappa shape index (κ1) is 27.9. The Morgan fingerprint density at radius 1 is 1.29 bits per heavy atom. The van der Waals surface area contributed by atoms with Crippen molar-refractivity contribution in [1.29, 1.82) is 0 Å². The van der Waals surface area contributed by atoms with Crippen molar-refractivity contribution in [2.45, 2.75) is 39.7 Å². The van der Waals surface area contributed by atoms with Gasteiger partial charge in [-0.3, -0.25) is 9.71 Å². The van der Waals surface area contributed by atoms with Crippen LogP contribution in [-0.4, -0.2) is 43.4 Å². The first-order valence-corrected chi connectivity index (χ1v) is 16.1. The smallest absolute Gasteiger partial charge is 0.235 e. The zero-order valence-corrected chi connectivity index (χ0v) is 24.5. The van der Waals surface area contributed by atoms with E-state index in [0.29, 0.717) is 33.7 Å². The van der Waals surface area contributed by atoms with Crippen molar-refractivity contribution >= 4 is 51.7 Å². The third-order valence-corrected chi connectivity index (χ3v) is 9.24. The van der Waals surface area contributed by atoms with Gasteiger partial charge in [0.15, 0.2) is 0 Å². The van der Waals surface area contributed by atoms with Crippen LogP contribution in [0, 0.1) is 19.8 Å². The summed E-state index contributed by atoms with van der Waals surface area (Å²) in [6.07, 6.45) is 3.38. The third kappa shape index (κ3) is 5.97. The minimum absolute atomic E-state index is 0.0492. The standard InChI is InChI=1S/C26H31IN6O4S/c1-16(2)15-38(35,36)33-25-30-21-14-19(23-17(3)32-37-18(23)4)13-20(24(21)31-25)26(34,8-9-27-10-11-28)22-7-5-6-12-29-22/h5-7,9-14,16,34H,8,15,28H2,1-4H3,(H2,30,31,33)/b11-10-. The lowest BCUT2D eigenvalue weighted by Crippen LogP contribution is -2.29. The lowest BCUT2D eigenvalue weighted by molar-refractivity contribution is 0.0873. The minimum Gasteiger partial charge on any atom is -0.404 e. The highest BCUT2D eigenvalue weighted by Crippen LogP contribution is 2.40. The second-order valence-electron chi connectivity index (χ2n) is 9.36. The summed E-state index contributed by atoms with van der Waals surface area (Å²) >= 11 is -0.510. The zero-order valence-electron chi connectivity index (χ0n) is 21.6. The molecule has 1 aromatic carbocycles. The molecule has 3 aromatic heterocycles. The van der Waals surface area contributed by atoms with E-state index in [0.717, 1.165) is 11.1 Å². The highest BCUT2D eigenvalue weighted by Gasteiger charge is 2.36. The normalized spacial score (nSPS) is 14.4. The van der Waals surface area contributed by atoms with E-state index in [1.54, 1.807) is 18.3 Å². The van der Waals surface area contributed by atoms with Crippen LogP contribution in [0.3, 0.4) is 0 Å². The topological polar surface area (TPSA) is 160 Å². The Balaban J connectivity index is 1.97. The number of aryl methyl sites for hydroxylation is 2. The number of aliphatic hydroxyl groups is 1. The van der Waals surface area contributed by atoms with Crippen molar-refractivity contribution < 1.29 is 18.0 Å². The van der Waals surface area contributed by atoms with Crippen molar-refractivity contribution in [2.75, 3.05) is 10.5 Å².